The first-order valence-corrected chi connectivity index (χ1v) is 15.5. The first-order valence-electron chi connectivity index (χ1n) is 14.5. The van der Waals surface area contributed by atoms with E-state index in [1.165, 1.54) is 23.6 Å². The Morgan fingerprint density at radius 2 is 1.66 bits per heavy atom. The Kier molecular flexibility index (Phi) is 10.8. The summed E-state index contributed by atoms with van der Waals surface area (Å²) in [5, 5.41) is 17.3. The summed E-state index contributed by atoms with van der Waals surface area (Å²) in [6.45, 7) is 7.45. The molecular weight excluding hydrogens is 578 g/mol. The summed E-state index contributed by atoms with van der Waals surface area (Å²) in [6, 6.07) is 21.5. The second-order valence-electron chi connectivity index (χ2n) is 11.5. The van der Waals surface area contributed by atoms with Crippen molar-refractivity contribution in [3.8, 4) is 5.75 Å². The summed E-state index contributed by atoms with van der Waals surface area (Å²) in [5.74, 6) is -0.889. The molecule has 3 amide bonds. The van der Waals surface area contributed by atoms with Crippen molar-refractivity contribution in [1.29, 1.82) is 0 Å². The molecule has 0 spiro atoms. The molecule has 1 saturated heterocycles. The molecule has 0 bridgehead atoms. The fourth-order valence-corrected chi connectivity index (χ4v) is 6.23. The Morgan fingerprint density at radius 3 is 2.32 bits per heavy atom. The molecule has 1 fully saturated rings. The number of carbonyl (C=O) groups excluding carboxylic acids is 4. The van der Waals surface area contributed by atoms with E-state index in [1.807, 2.05) is 75.4 Å². The third kappa shape index (κ3) is 8.27. The lowest BCUT2D eigenvalue weighted by Crippen LogP contribution is -2.58. The van der Waals surface area contributed by atoms with Crippen molar-refractivity contribution in [2.45, 2.75) is 63.6 Å². The molecule has 1 heterocycles. The largest absolute Gasteiger partial charge is 0.486 e. The van der Waals surface area contributed by atoms with E-state index in [1.54, 1.807) is 24.3 Å². The molecule has 3 aromatic rings. The van der Waals surface area contributed by atoms with Crippen molar-refractivity contribution in [1.82, 2.24) is 15.5 Å². The standard InChI is InChI=1S/C34H39N3O6S/c1-22-10-8-9-13-26(22)19-35-32(41)30-34(3,4)44-21-37(30)33(42)29(39)28(18-24-11-6-5-7-12-24)36-31(40)25-14-16-27(17-15-25)43-20-23(2)38/h5-17,28-30,39H,18-21H2,1-4H3,(H,35,41)(H,36,40). The number of nitrogens with one attached hydrogen (secondary N) is 2. The summed E-state index contributed by atoms with van der Waals surface area (Å²) in [7, 11) is 0. The summed E-state index contributed by atoms with van der Waals surface area (Å²) in [6.07, 6.45) is -1.42. The molecule has 0 saturated carbocycles. The second kappa shape index (κ2) is 14.5. The van der Waals surface area contributed by atoms with Crippen molar-refractivity contribution in [2.24, 2.45) is 0 Å². The van der Waals surface area contributed by atoms with Crippen LogP contribution in [0.15, 0.2) is 78.9 Å². The number of ether oxygens (including phenoxy) is 1. The van der Waals surface area contributed by atoms with E-state index in [2.05, 4.69) is 10.6 Å². The van der Waals surface area contributed by atoms with Gasteiger partial charge in [-0.25, -0.2) is 0 Å². The number of carbonyl (C=O) groups is 4. The van der Waals surface area contributed by atoms with Crippen LogP contribution < -0.4 is 15.4 Å². The van der Waals surface area contributed by atoms with E-state index < -0.39 is 34.7 Å². The third-order valence-corrected chi connectivity index (χ3v) is 8.97. The number of ketones is 1. The minimum Gasteiger partial charge on any atom is -0.486 e. The Balaban J connectivity index is 1.51. The van der Waals surface area contributed by atoms with Crippen molar-refractivity contribution in [3.05, 3.63) is 101 Å². The predicted octanol–water partition coefficient (Wildman–Crippen LogP) is 3.66. The molecule has 0 radical (unpaired) electrons. The maximum atomic E-state index is 13.9. The van der Waals surface area contributed by atoms with Gasteiger partial charge in [0.2, 0.25) is 5.91 Å². The van der Waals surface area contributed by atoms with E-state index in [0.717, 1.165) is 16.7 Å². The van der Waals surface area contributed by atoms with Crippen LogP contribution in [0.4, 0.5) is 0 Å². The third-order valence-electron chi connectivity index (χ3n) is 7.60. The monoisotopic (exact) mass is 617 g/mol. The normalized spacial score (nSPS) is 16.9. The minimum absolute atomic E-state index is 0.0739. The lowest BCUT2D eigenvalue weighted by molar-refractivity contribution is -0.147. The maximum absolute atomic E-state index is 13.9. The maximum Gasteiger partial charge on any atom is 0.254 e. The molecule has 0 aliphatic carbocycles. The molecule has 232 valence electrons. The van der Waals surface area contributed by atoms with Gasteiger partial charge in [-0.05, 0) is 75.1 Å². The topological polar surface area (TPSA) is 125 Å². The highest BCUT2D eigenvalue weighted by atomic mass is 32.2. The first-order chi connectivity index (χ1) is 21.0. The first kappa shape index (κ1) is 32.8. The van der Waals surface area contributed by atoms with Crippen molar-refractivity contribution >= 4 is 35.3 Å². The summed E-state index contributed by atoms with van der Waals surface area (Å²) in [5.41, 5.74) is 3.14. The zero-order valence-corrected chi connectivity index (χ0v) is 26.2. The number of hydrogen-bond donors (Lipinski definition) is 3. The molecule has 9 nitrogen and oxygen atoms in total. The van der Waals surface area contributed by atoms with Gasteiger partial charge in [0.15, 0.2) is 11.9 Å². The fraction of sp³-hybridized carbons (Fsp3) is 0.353. The van der Waals surface area contributed by atoms with Gasteiger partial charge in [0.25, 0.3) is 11.8 Å². The summed E-state index contributed by atoms with van der Waals surface area (Å²) in [4.78, 5) is 53.3. The summed E-state index contributed by atoms with van der Waals surface area (Å²) >= 11 is 1.46. The van der Waals surface area contributed by atoms with Gasteiger partial charge in [-0.2, -0.15) is 0 Å². The molecule has 10 heteroatoms. The highest BCUT2D eigenvalue weighted by molar-refractivity contribution is 8.00. The SMILES string of the molecule is CC(=O)COc1ccc(C(=O)NC(Cc2ccccc2)C(O)C(=O)N2CSC(C)(C)C2C(=O)NCc2ccccc2C)cc1. The Bertz CT molecular complexity index is 1480. The molecule has 3 aromatic carbocycles. The fourth-order valence-electron chi connectivity index (χ4n) is 5.09. The van der Waals surface area contributed by atoms with E-state index in [0.29, 0.717) is 17.9 Å². The number of aliphatic hydroxyl groups is 1. The molecule has 44 heavy (non-hydrogen) atoms. The van der Waals surface area contributed by atoms with Gasteiger partial charge in [-0.1, -0.05) is 54.6 Å². The Hall–Kier alpha value is -4.15. The molecule has 3 atom stereocenters. The number of aryl methyl sites for hydroxylation is 1. The van der Waals surface area contributed by atoms with E-state index in [9.17, 15) is 24.3 Å². The lowest BCUT2D eigenvalue weighted by atomic mass is 9.96. The quantitative estimate of drug-likeness (QED) is 0.283. The average molecular weight is 618 g/mol. The molecular formula is C34H39N3O6S. The summed E-state index contributed by atoms with van der Waals surface area (Å²) < 4.78 is 4.78. The van der Waals surface area contributed by atoms with Crippen molar-refractivity contribution < 1.29 is 29.0 Å². The van der Waals surface area contributed by atoms with Crippen LogP contribution in [0.2, 0.25) is 0 Å². The smallest absolute Gasteiger partial charge is 0.254 e. The zero-order chi connectivity index (χ0) is 31.9. The van der Waals surface area contributed by atoms with Crippen molar-refractivity contribution in [2.75, 3.05) is 12.5 Å². The molecule has 0 aromatic heterocycles. The predicted molar refractivity (Wildman–Crippen MR) is 170 cm³/mol. The number of aliphatic hydroxyl groups excluding tert-OH is 1. The van der Waals surface area contributed by atoms with Gasteiger partial charge >= 0.3 is 0 Å². The van der Waals surface area contributed by atoms with Crippen LogP contribution in [0.3, 0.4) is 0 Å². The van der Waals surface area contributed by atoms with Crippen LogP contribution >= 0.6 is 11.8 Å². The van der Waals surface area contributed by atoms with E-state index >= 15 is 0 Å². The second-order valence-corrected chi connectivity index (χ2v) is 13.1. The van der Waals surface area contributed by atoms with Crippen LogP contribution in [0.25, 0.3) is 0 Å². The van der Waals surface area contributed by atoms with E-state index in [-0.39, 0.29) is 30.6 Å². The lowest BCUT2D eigenvalue weighted by Gasteiger charge is -2.33. The zero-order valence-electron chi connectivity index (χ0n) is 25.4. The number of rotatable bonds is 12. The van der Waals surface area contributed by atoms with Crippen LogP contribution in [0.5, 0.6) is 5.75 Å². The number of Topliss-reactive ketones (excluding diaryl/α,β-unsaturated/α-hetero) is 1. The molecule has 3 N–H and O–H groups in total. The van der Waals surface area contributed by atoms with Crippen LogP contribution in [0, 0.1) is 6.92 Å². The highest BCUT2D eigenvalue weighted by Gasteiger charge is 2.49. The van der Waals surface area contributed by atoms with Gasteiger partial charge in [-0.3, -0.25) is 19.2 Å². The van der Waals surface area contributed by atoms with Crippen LogP contribution in [-0.2, 0) is 27.3 Å². The van der Waals surface area contributed by atoms with E-state index in [4.69, 9.17) is 4.74 Å². The number of nitrogens with zero attached hydrogens (tertiary/aromatic N) is 1. The van der Waals surface area contributed by atoms with Crippen molar-refractivity contribution in [3.63, 3.8) is 0 Å². The van der Waals surface area contributed by atoms with Gasteiger partial charge in [0.05, 0.1) is 11.9 Å². The van der Waals surface area contributed by atoms with Crippen LogP contribution in [0.1, 0.15) is 47.8 Å². The van der Waals surface area contributed by atoms with Gasteiger partial charge < -0.3 is 25.4 Å². The minimum atomic E-state index is -1.61. The van der Waals surface area contributed by atoms with Crippen LogP contribution in [-0.4, -0.2) is 68.9 Å². The molecule has 3 unspecified atom stereocenters. The van der Waals surface area contributed by atoms with Gasteiger partial charge in [0, 0.05) is 16.9 Å². The molecule has 4 rings (SSSR count). The molecule has 1 aliphatic heterocycles. The number of hydrogen-bond acceptors (Lipinski definition) is 7. The number of benzene rings is 3. The Morgan fingerprint density at radius 1 is 1.00 bits per heavy atom. The Labute approximate surface area is 262 Å². The average Bonchev–Trinajstić information content (AvgIpc) is 3.33. The van der Waals surface area contributed by atoms with Gasteiger partial charge in [-0.15, -0.1) is 11.8 Å². The van der Waals surface area contributed by atoms with Gasteiger partial charge in [0.1, 0.15) is 18.4 Å². The highest BCUT2D eigenvalue weighted by Crippen LogP contribution is 2.40. The molecule has 1 aliphatic rings. The number of amides is 3. The number of thioether (sulfide) groups is 1.